The number of nitrogens with two attached hydrogens (primary N) is 1. The number of ether oxygens (including phenoxy) is 1. The third-order valence-electron chi connectivity index (χ3n) is 4.15. The minimum atomic E-state index is -4.02. The molecular formula is C15H22FN3O4S. The van der Waals surface area contributed by atoms with Crippen LogP contribution in [0.3, 0.4) is 0 Å². The number of benzene rings is 1. The molecule has 1 aromatic rings. The van der Waals surface area contributed by atoms with E-state index in [9.17, 15) is 17.6 Å². The van der Waals surface area contributed by atoms with Gasteiger partial charge in [-0.1, -0.05) is 0 Å². The molecule has 2 rings (SSSR count). The second-order valence-corrected chi connectivity index (χ2v) is 7.65. The zero-order chi connectivity index (χ0) is 18.1. The summed E-state index contributed by atoms with van der Waals surface area (Å²) in [6.07, 6.45) is -0.221. The molecule has 0 aromatic heterocycles. The second-order valence-electron chi connectivity index (χ2n) is 6.09. The van der Waals surface area contributed by atoms with E-state index < -0.39 is 21.7 Å². The van der Waals surface area contributed by atoms with Crippen LogP contribution >= 0.6 is 0 Å². The fourth-order valence-electron chi connectivity index (χ4n) is 2.70. The van der Waals surface area contributed by atoms with Gasteiger partial charge in [0.2, 0.25) is 10.0 Å². The monoisotopic (exact) mass is 359 g/mol. The Labute approximate surface area is 141 Å². The predicted octanol–water partition coefficient (Wildman–Crippen LogP) is 0.311. The summed E-state index contributed by atoms with van der Waals surface area (Å²) in [6, 6.07) is 2.85. The Morgan fingerprint density at radius 1 is 1.42 bits per heavy atom. The normalized spacial score (nSPS) is 22.1. The highest BCUT2D eigenvalue weighted by Crippen LogP contribution is 2.18. The summed E-state index contributed by atoms with van der Waals surface area (Å²) in [7, 11) is -2.47. The largest absolute Gasteiger partial charge is 0.378 e. The molecule has 1 aromatic carbocycles. The summed E-state index contributed by atoms with van der Waals surface area (Å²) in [6.45, 7) is 5.29. The molecule has 134 valence electrons. The molecule has 1 heterocycles. The zero-order valence-electron chi connectivity index (χ0n) is 13.8. The molecule has 24 heavy (non-hydrogen) atoms. The Hall–Kier alpha value is -1.55. The molecule has 1 aliphatic heterocycles. The number of carbonyl (C=O) groups is 1. The SMILES string of the molecule is CO[C@H]1CN(C(C)C)C[C@@H]1NC(=O)c1cc(S(N)(=O)=O)ccc1F. The fraction of sp³-hybridized carbons (Fsp3) is 0.533. The first kappa shape index (κ1) is 18.8. The fourth-order valence-corrected chi connectivity index (χ4v) is 3.24. The Morgan fingerprint density at radius 2 is 2.08 bits per heavy atom. The second kappa shape index (κ2) is 7.14. The smallest absolute Gasteiger partial charge is 0.254 e. The van der Waals surface area contributed by atoms with E-state index in [1.165, 1.54) is 0 Å². The number of carbonyl (C=O) groups excluding carboxylic acids is 1. The number of halogens is 1. The van der Waals surface area contributed by atoms with Gasteiger partial charge in [-0.25, -0.2) is 17.9 Å². The maximum atomic E-state index is 13.9. The van der Waals surface area contributed by atoms with E-state index in [1.54, 1.807) is 7.11 Å². The van der Waals surface area contributed by atoms with Crippen LogP contribution in [0.5, 0.6) is 0 Å². The van der Waals surface area contributed by atoms with Gasteiger partial charge < -0.3 is 10.1 Å². The lowest BCUT2D eigenvalue weighted by molar-refractivity contribution is 0.0750. The molecule has 0 aliphatic carbocycles. The number of rotatable bonds is 5. The molecule has 9 heteroatoms. The van der Waals surface area contributed by atoms with E-state index in [2.05, 4.69) is 10.2 Å². The van der Waals surface area contributed by atoms with Gasteiger partial charge in [-0.15, -0.1) is 0 Å². The number of nitrogens with zero attached hydrogens (tertiary/aromatic N) is 1. The number of primary sulfonamides is 1. The summed E-state index contributed by atoms with van der Waals surface area (Å²) in [5.41, 5.74) is -0.362. The van der Waals surface area contributed by atoms with Crippen molar-refractivity contribution in [3.63, 3.8) is 0 Å². The van der Waals surface area contributed by atoms with E-state index in [0.29, 0.717) is 13.1 Å². The van der Waals surface area contributed by atoms with E-state index in [-0.39, 0.29) is 28.6 Å². The molecule has 2 atom stereocenters. The average molecular weight is 359 g/mol. The number of methoxy groups -OCH3 is 1. The highest BCUT2D eigenvalue weighted by atomic mass is 32.2. The third kappa shape index (κ3) is 4.10. The number of nitrogens with one attached hydrogen (secondary N) is 1. The number of hydrogen-bond donors (Lipinski definition) is 2. The van der Waals surface area contributed by atoms with Crippen LogP contribution in [-0.2, 0) is 14.8 Å². The Balaban J connectivity index is 2.21. The summed E-state index contributed by atoms with van der Waals surface area (Å²) in [5.74, 6) is -1.51. The van der Waals surface area contributed by atoms with Crippen LogP contribution in [0.15, 0.2) is 23.1 Å². The van der Waals surface area contributed by atoms with Gasteiger partial charge in [0.05, 0.1) is 22.6 Å². The third-order valence-corrected chi connectivity index (χ3v) is 5.07. The molecule has 1 amide bonds. The number of sulfonamides is 1. The van der Waals surface area contributed by atoms with Crippen molar-refractivity contribution >= 4 is 15.9 Å². The van der Waals surface area contributed by atoms with Crippen molar-refractivity contribution in [1.82, 2.24) is 10.2 Å². The van der Waals surface area contributed by atoms with Crippen LogP contribution < -0.4 is 10.5 Å². The van der Waals surface area contributed by atoms with Crippen molar-refractivity contribution in [2.24, 2.45) is 5.14 Å². The molecular weight excluding hydrogens is 337 g/mol. The highest BCUT2D eigenvalue weighted by Gasteiger charge is 2.35. The Kier molecular flexibility index (Phi) is 5.59. The first-order valence-corrected chi connectivity index (χ1v) is 9.08. The van der Waals surface area contributed by atoms with E-state index in [1.807, 2.05) is 13.8 Å². The Morgan fingerprint density at radius 3 is 2.62 bits per heavy atom. The topological polar surface area (TPSA) is 102 Å². The van der Waals surface area contributed by atoms with Crippen LogP contribution in [0.1, 0.15) is 24.2 Å². The van der Waals surface area contributed by atoms with E-state index in [0.717, 1.165) is 18.2 Å². The Bertz CT molecular complexity index is 723. The van der Waals surface area contributed by atoms with Gasteiger partial charge in [0.25, 0.3) is 5.91 Å². The summed E-state index contributed by atoms with van der Waals surface area (Å²) in [5, 5.41) is 7.75. The molecule has 0 saturated carbocycles. The minimum Gasteiger partial charge on any atom is -0.378 e. The lowest BCUT2D eigenvalue weighted by atomic mass is 10.1. The lowest BCUT2D eigenvalue weighted by Crippen LogP contribution is -2.44. The minimum absolute atomic E-state index is 0.221. The maximum absolute atomic E-state index is 13.9. The molecule has 1 fully saturated rings. The van der Waals surface area contributed by atoms with Crippen molar-refractivity contribution in [3.05, 3.63) is 29.6 Å². The predicted molar refractivity (Wildman–Crippen MR) is 86.5 cm³/mol. The van der Waals surface area contributed by atoms with Gasteiger partial charge in [-0.3, -0.25) is 9.69 Å². The molecule has 7 nitrogen and oxygen atoms in total. The van der Waals surface area contributed by atoms with Gasteiger partial charge in [0.15, 0.2) is 0 Å². The van der Waals surface area contributed by atoms with Crippen LogP contribution in [0.2, 0.25) is 0 Å². The molecule has 0 unspecified atom stereocenters. The molecule has 1 aliphatic rings. The van der Waals surface area contributed by atoms with Crippen LogP contribution in [0.25, 0.3) is 0 Å². The van der Waals surface area contributed by atoms with Gasteiger partial charge in [-0.05, 0) is 32.0 Å². The van der Waals surface area contributed by atoms with Gasteiger partial charge in [0, 0.05) is 26.2 Å². The standard InChI is InChI=1S/C15H22FN3O4S/c1-9(2)19-7-13(14(8-19)23-3)18-15(20)11-6-10(24(17,21)22)4-5-12(11)16/h4-6,9,13-14H,7-8H2,1-3H3,(H,18,20)(H2,17,21,22)/t13-,14-/m0/s1. The quantitative estimate of drug-likeness (QED) is 0.788. The summed E-state index contributed by atoms with van der Waals surface area (Å²) >= 11 is 0. The van der Waals surface area contributed by atoms with Crippen molar-refractivity contribution in [2.45, 2.75) is 36.9 Å². The van der Waals surface area contributed by atoms with Crippen molar-refractivity contribution < 1.29 is 22.3 Å². The molecule has 1 saturated heterocycles. The molecule has 0 bridgehead atoms. The number of hydrogen-bond acceptors (Lipinski definition) is 5. The van der Waals surface area contributed by atoms with Crippen LogP contribution in [0.4, 0.5) is 4.39 Å². The van der Waals surface area contributed by atoms with Crippen LogP contribution in [-0.4, -0.2) is 57.6 Å². The number of amides is 1. The van der Waals surface area contributed by atoms with Gasteiger partial charge >= 0.3 is 0 Å². The van der Waals surface area contributed by atoms with Crippen molar-refractivity contribution in [2.75, 3.05) is 20.2 Å². The van der Waals surface area contributed by atoms with Crippen LogP contribution in [0, 0.1) is 5.82 Å². The molecule has 0 radical (unpaired) electrons. The van der Waals surface area contributed by atoms with Crippen molar-refractivity contribution in [3.8, 4) is 0 Å². The summed E-state index contributed by atoms with van der Waals surface area (Å²) in [4.78, 5) is 14.2. The first-order valence-electron chi connectivity index (χ1n) is 7.53. The van der Waals surface area contributed by atoms with Gasteiger partial charge in [0.1, 0.15) is 5.82 Å². The van der Waals surface area contributed by atoms with Gasteiger partial charge in [-0.2, -0.15) is 0 Å². The molecule has 0 spiro atoms. The highest BCUT2D eigenvalue weighted by molar-refractivity contribution is 7.89. The average Bonchev–Trinajstić information content (AvgIpc) is 2.89. The first-order chi connectivity index (χ1) is 11.1. The zero-order valence-corrected chi connectivity index (χ0v) is 14.6. The lowest BCUT2D eigenvalue weighted by Gasteiger charge is -2.20. The molecule has 3 N–H and O–H groups in total. The maximum Gasteiger partial charge on any atom is 0.254 e. The van der Waals surface area contributed by atoms with E-state index in [4.69, 9.17) is 9.88 Å². The van der Waals surface area contributed by atoms with E-state index >= 15 is 0 Å². The summed E-state index contributed by atoms with van der Waals surface area (Å²) < 4.78 is 42.1. The number of likely N-dealkylation sites (tertiary alicyclic amines) is 1. The van der Waals surface area contributed by atoms with Crippen molar-refractivity contribution in [1.29, 1.82) is 0 Å².